The Morgan fingerprint density at radius 1 is 1.43 bits per heavy atom. The van der Waals surface area contributed by atoms with Gasteiger partial charge >= 0.3 is 0 Å². The SMILES string of the molecule is CC(O)C1(c2cccc(Br)c2)CCC1. The quantitative estimate of drug-likeness (QED) is 0.860. The van der Waals surface area contributed by atoms with Crippen molar-refractivity contribution in [1.29, 1.82) is 0 Å². The van der Waals surface area contributed by atoms with Crippen LogP contribution in [0.3, 0.4) is 0 Å². The van der Waals surface area contributed by atoms with Gasteiger partial charge in [0.1, 0.15) is 0 Å². The average molecular weight is 255 g/mol. The van der Waals surface area contributed by atoms with Gasteiger partial charge in [-0.1, -0.05) is 34.5 Å². The molecule has 1 atom stereocenters. The molecule has 1 nitrogen and oxygen atoms in total. The van der Waals surface area contributed by atoms with Crippen LogP contribution in [0.1, 0.15) is 31.7 Å². The summed E-state index contributed by atoms with van der Waals surface area (Å²) in [5, 5.41) is 9.85. The van der Waals surface area contributed by atoms with Crippen LogP contribution in [0.4, 0.5) is 0 Å². The Kier molecular flexibility index (Phi) is 2.67. The molecule has 0 aliphatic heterocycles. The fraction of sp³-hybridized carbons (Fsp3) is 0.500. The second-order valence-electron chi connectivity index (χ2n) is 4.20. The number of benzene rings is 1. The lowest BCUT2D eigenvalue weighted by Gasteiger charge is -2.45. The molecule has 0 heterocycles. The zero-order valence-electron chi connectivity index (χ0n) is 8.33. The van der Waals surface area contributed by atoms with Gasteiger partial charge in [-0.05, 0) is 37.5 Å². The van der Waals surface area contributed by atoms with Gasteiger partial charge in [0.2, 0.25) is 0 Å². The Bertz CT molecular complexity index is 329. The summed E-state index contributed by atoms with van der Waals surface area (Å²) in [5.41, 5.74) is 1.30. The van der Waals surface area contributed by atoms with Gasteiger partial charge in [-0.25, -0.2) is 0 Å². The van der Waals surface area contributed by atoms with E-state index < -0.39 is 0 Å². The topological polar surface area (TPSA) is 20.2 Å². The molecule has 1 N–H and O–H groups in total. The van der Waals surface area contributed by atoms with Crippen LogP contribution in [0.25, 0.3) is 0 Å². The molecule has 1 aliphatic carbocycles. The van der Waals surface area contributed by atoms with Gasteiger partial charge in [0.25, 0.3) is 0 Å². The first-order chi connectivity index (χ1) is 6.65. The fourth-order valence-corrected chi connectivity index (χ4v) is 2.70. The van der Waals surface area contributed by atoms with E-state index in [1.54, 1.807) is 0 Å². The maximum Gasteiger partial charge on any atom is 0.0608 e. The van der Waals surface area contributed by atoms with Gasteiger partial charge < -0.3 is 5.11 Å². The molecule has 76 valence electrons. The highest BCUT2D eigenvalue weighted by Crippen LogP contribution is 2.46. The van der Waals surface area contributed by atoms with Gasteiger partial charge in [-0.15, -0.1) is 0 Å². The Morgan fingerprint density at radius 3 is 2.57 bits per heavy atom. The van der Waals surface area contributed by atoms with Gasteiger partial charge in [-0.3, -0.25) is 0 Å². The number of hydrogen-bond donors (Lipinski definition) is 1. The lowest BCUT2D eigenvalue weighted by Crippen LogP contribution is -2.43. The van der Waals surface area contributed by atoms with Crippen LogP contribution in [0.15, 0.2) is 28.7 Å². The van der Waals surface area contributed by atoms with Crippen LogP contribution in [0.2, 0.25) is 0 Å². The van der Waals surface area contributed by atoms with Crippen molar-refractivity contribution in [3.63, 3.8) is 0 Å². The summed E-state index contributed by atoms with van der Waals surface area (Å²) in [6.45, 7) is 1.90. The lowest BCUT2D eigenvalue weighted by molar-refractivity contribution is 0.0420. The van der Waals surface area contributed by atoms with E-state index in [9.17, 15) is 5.11 Å². The minimum Gasteiger partial charge on any atom is -0.392 e. The minimum absolute atomic E-state index is 0.0315. The first-order valence-corrected chi connectivity index (χ1v) is 5.88. The van der Waals surface area contributed by atoms with Crippen molar-refractivity contribution in [3.05, 3.63) is 34.3 Å². The molecule has 1 saturated carbocycles. The predicted octanol–water partition coefficient (Wildman–Crippen LogP) is 3.25. The second kappa shape index (κ2) is 3.67. The summed E-state index contributed by atoms with van der Waals surface area (Å²) < 4.78 is 1.10. The molecular formula is C12H15BrO. The van der Waals surface area contributed by atoms with Crippen LogP contribution in [0, 0.1) is 0 Å². The molecule has 0 amide bonds. The molecule has 1 fully saturated rings. The molecule has 14 heavy (non-hydrogen) atoms. The molecular weight excluding hydrogens is 240 g/mol. The van der Waals surface area contributed by atoms with E-state index in [2.05, 4.69) is 28.1 Å². The summed E-state index contributed by atoms with van der Waals surface area (Å²) in [4.78, 5) is 0. The van der Waals surface area contributed by atoms with E-state index in [1.165, 1.54) is 12.0 Å². The number of aliphatic hydroxyl groups excluding tert-OH is 1. The highest BCUT2D eigenvalue weighted by atomic mass is 79.9. The van der Waals surface area contributed by atoms with E-state index in [0.717, 1.165) is 17.3 Å². The van der Waals surface area contributed by atoms with Crippen molar-refractivity contribution in [3.8, 4) is 0 Å². The van der Waals surface area contributed by atoms with E-state index in [-0.39, 0.29) is 11.5 Å². The summed E-state index contributed by atoms with van der Waals surface area (Å²) in [5.74, 6) is 0. The Labute approximate surface area is 93.3 Å². The molecule has 1 aromatic rings. The third kappa shape index (κ3) is 1.51. The van der Waals surface area contributed by atoms with Crippen molar-refractivity contribution < 1.29 is 5.11 Å². The van der Waals surface area contributed by atoms with Gasteiger partial charge in [0.05, 0.1) is 6.10 Å². The smallest absolute Gasteiger partial charge is 0.0608 e. The Hall–Kier alpha value is -0.340. The summed E-state index contributed by atoms with van der Waals surface area (Å²) in [6, 6.07) is 8.32. The van der Waals surface area contributed by atoms with Crippen molar-refractivity contribution in [2.75, 3.05) is 0 Å². The van der Waals surface area contributed by atoms with E-state index in [1.807, 2.05) is 19.1 Å². The van der Waals surface area contributed by atoms with E-state index >= 15 is 0 Å². The number of rotatable bonds is 2. The average Bonchev–Trinajstić information content (AvgIpc) is 2.00. The summed E-state index contributed by atoms with van der Waals surface area (Å²) >= 11 is 3.48. The maximum atomic E-state index is 9.85. The zero-order valence-corrected chi connectivity index (χ0v) is 9.92. The molecule has 2 rings (SSSR count). The summed E-state index contributed by atoms with van der Waals surface area (Å²) in [6.07, 6.45) is 3.21. The van der Waals surface area contributed by atoms with Crippen LogP contribution >= 0.6 is 15.9 Å². The van der Waals surface area contributed by atoms with Crippen molar-refractivity contribution in [2.24, 2.45) is 0 Å². The standard InChI is InChI=1S/C12H15BrO/c1-9(14)12(6-3-7-12)10-4-2-5-11(13)8-10/h2,4-5,8-9,14H,3,6-7H2,1H3. The molecule has 1 aliphatic rings. The molecule has 1 unspecified atom stereocenters. The van der Waals surface area contributed by atoms with E-state index in [0.29, 0.717) is 0 Å². The van der Waals surface area contributed by atoms with Crippen LogP contribution in [-0.2, 0) is 5.41 Å². The van der Waals surface area contributed by atoms with Gasteiger partial charge in [-0.2, -0.15) is 0 Å². The lowest BCUT2D eigenvalue weighted by atomic mass is 9.61. The fourth-order valence-electron chi connectivity index (χ4n) is 2.30. The van der Waals surface area contributed by atoms with Gasteiger partial charge in [0, 0.05) is 9.89 Å². The Morgan fingerprint density at radius 2 is 2.14 bits per heavy atom. The molecule has 0 bridgehead atoms. The third-order valence-corrected chi connectivity index (χ3v) is 3.94. The normalized spacial score (nSPS) is 21.4. The second-order valence-corrected chi connectivity index (χ2v) is 5.11. The number of hydrogen-bond acceptors (Lipinski definition) is 1. The van der Waals surface area contributed by atoms with Crippen LogP contribution in [0.5, 0.6) is 0 Å². The van der Waals surface area contributed by atoms with E-state index in [4.69, 9.17) is 0 Å². The molecule has 0 aromatic heterocycles. The molecule has 2 heteroatoms. The third-order valence-electron chi connectivity index (χ3n) is 3.45. The Balaban J connectivity index is 2.37. The van der Waals surface area contributed by atoms with Gasteiger partial charge in [0.15, 0.2) is 0 Å². The van der Waals surface area contributed by atoms with Crippen molar-refractivity contribution in [2.45, 2.75) is 37.7 Å². The molecule has 1 aromatic carbocycles. The summed E-state index contributed by atoms with van der Waals surface area (Å²) in [7, 11) is 0. The highest BCUT2D eigenvalue weighted by Gasteiger charge is 2.42. The minimum atomic E-state index is -0.245. The van der Waals surface area contributed by atoms with Crippen molar-refractivity contribution >= 4 is 15.9 Å². The van der Waals surface area contributed by atoms with Crippen LogP contribution in [-0.4, -0.2) is 11.2 Å². The molecule has 0 radical (unpaired) electrons. The molecule has 0 spiro atoms. The number of halogens is 1. The molecule has 0 saturated heterocycles. The highest BCUT2D eigenvalue weighted by molar-refractivity contribution is 9.10. The van der Waals surface area contributed by atoms with Crippen LogP contribution < -0.4 is 0 Å². The first kappa shape index (κ1) is 10.2. The maximum absolute atomic E-state index is 9.85. The largest absolute Gasteiger partial charge is 0.392 e. The zero-order chi connectivity index (χ0) is 10.2. The first-order valence-electron chi connectivity index (χ1n) is 5.09. The predicted molar refractivity (Wildman–Crippen MR) is 61.4 cm³/mol. The number of aliphatic hydroxyl groups is 1. The monoisotopic (exact) mass is 254 g/mol. The van der Waals surface area contributed by atoms with Crippen molar-refractivity contribution in [1.82, 2.24) is 0 Å².